The van der Waals surface area contributed by atoms with Gasteiger partial charge in [-0.1, -0.05) is 15.9 Å². The van der Waals surface area contributed by atoms with Gasteiger partial charge in [-0.05, 0) is 19.1 Å². The van der Waals surface area contributed by atoms with Crippen molar-refractivity contribution in [2.75, 3.05) is 33.0 Å². The molecule has 1 aliphatic heterocycles. The Morgan fingerprint density at radius 1 is 1.41 bits per heavy atom. The van der Waals surface area contributed by atoms with Gasteiger partial charge >= 0.3 is 5.97 Å². The van der Waals surface area contributed by atoms with Gasteiger partial charge < -0.3 is 14.2 Å². The highest BCUT2D eigenvalue weighted by molar-refractivity contribution is 9.10. The summed E-state index contributed by atoms with van der Waals surface area (Å²) in [7, 11) is 0. The molecule has 0 atom stereocenters. The molecule has 2 aromatic rings. The quantitative estimate of drug-likeness (QED) is 0.400. The van der Waals surface area contributed by atoms with Crippen molar-refractivity contribution in [3.8, 4) is 11.3 Å². The predicted octanol–water partition coefficient (Wildman–Crippen LogP) is 2.99. The second-order valence-electron chi connectivity index (χ2n) is 5.79. The molecule has 3 rings (SSSR count). The highest BCUT2D eigenvalue weighted by Crippen LogP contribution is 2.36. The van der Waals surface area contributed by atoms with Gasteiger partial charge in [0, 0.05) is 10.5 Å². The van der Waals surface area contributed by atoms with Gasteiger partial charge in [0.25, 0.3) is 5.69 Å². The Hall–Kier alpha value is -2.30. The lowest BCUT2D eigenvalue weighted by Crippen LogP contribution is -2.21. The number of hydrogen-bond donors (Lipinski definition) is 0. The SMILES string of the molecule is CCOC(=O)c1cnn(C2COCCOC2)c1-c1ccc(Br)cc1[N+](=O)[O-]. The summed E-state index contributed by atoms with van der Waals surface area (Å²) < 4.78 is 18.3. The van der Waals surface area contributed by atoms with Crippen molar-refractivity contribution >= 4 is 27.6 Å². The Morgan fingerprint density at radius 2 is 2.11 bits per heavy atom. The van der Waals surface area contributed by atoms with Crippen LogP contribution in [0.4, 0.5) is 5.69 Å². The van der Waals surface area contributed by atoms with Crippen molar-refractivity contribution in [1.82, 2.24) is 9.78 Å². The summed E-state index contributed by atoms with van der Waals surface area (Å²) >= 11 is 3.25. The van der Waals surface area contributed by atoms with E-state index in [1.165, 1.54) is 12.3 Å². The molecule has 1 saturated heterocycles. The lowest BCUT2D eigenvalue weighted by atomic mass is 10.1. The maximum absolute atomic E-state index is 12.4. The molecule has 27 heavy (non-hydrogen) atoms. The summed E-state index contributed by atoms with van der Waals surface area (Å²) in [5.74, 6) is -0.591. The summed E-state index contributed by atoms with van der Waals surface area (Å²) in [5, 5.41) is 15.9. The first-order valence-corrected chi connectivity index (χ1v) is 9.16. The lowest BCUT2D eigenvalue weighted by molar-refractivity contribution is -0.384. The Bertz CT molecular complexity index is 845. The third kappa shape index (κ3) is 4.18. The van der Waals surface area contributed by atoms with Gasteiger partial charge in [-0.25, -0.2) is 4.79 Å². The van der Waals surface area contributed by atoms with Crippen LogP contribution in [0.25, 0.3) is 11.3 Å². The molecule has 0 N–H and O–H groups in total. The monoisotopic (exact) mass is 439 g/mol. The van der Waals surface area contributed by atoms with Gasteiger partial charge in [0.2, 0.25) is 0 Å². The number of aromatic nitrogens is 2. The standard InChI is InChI=1S/C17H18BrN3O6/c1-2-27-17(22)14-8-19-20(12-9-25-5-6-26-10-12)16(14)13-4-3-11(18)7-15(13)21(23)24/h3-4,7-8,12H,2,5-6,9-10H2,1H3. The zero-order valence-electron chi connectivity index (χ0n) is 14.6. The molecule has 0 aliphatic carbocycles. The van der Waals surface area contributed by atoms with Crippen LogP contribution in [0.2, 0.25) is 0 Å². The summed E-state index contributed by atoms with van der Waals surface area (Å²) in [4.78, 5) is 23.5. The van der Waals surface area contributed by atoms with Crippen LogP contribution in [0.5, 0.6) is 0 Å². The molecule has 0 radical (unpaired) electrons. The van der Waals surface area contributed by atoms with Gasteiger partial charge in [0.05, 0.1) is 61.5 Å². The number of esters is 1. The van der Waals surface area contributed by atoms with E-state index in [4.69, 9.17) is 14.2 Å². The normalized spacial score (nSPS) is 15.3. The molecule has 144 valence electrons. The smallest absolute Gasteiger partial charge is 0.341 e. The van der Waals surface area contributed by atoms with Crippen LogP contribution in [0.3, 0.4) is 0 Å². The molecule has 0 saturated carbocycles. The van der Waals surface area contributed by atoms with Crippen molar-refractivity contribution in [2.45, 2.75) is 13.0 Å². The minimum atomic E-state index is -0.591. The van der Waals surface area contributed by atoms with E-state index in [-0.39, 0.29) is 29.5 Å². The van der Waals surface area contributed by atoms with Crippen molar-refractivity contribution in [2.24, 2.45) is 0 Å². The highest BCUT2D eigenvalue weighted by Gasteiger charge is 2.30. The van der Waals surface area contributed by atoms with E-state index in [0.717, 1.165) is 0 Å². The zero-order chi connectivity index (χ0) is 19.4. The summed E-state index contributed by atoms with van der Waals surface area (Å²) in [6.07, 6.45) is 1.37. The number of benzene rings is 1. The maximum atomic E-state index is 12.4. The molecular formula is C17H18BrN3O6. The molecule has 0 amide bonds. The number of rotatable bonds is 5. The fourth-order valence-corrected chi connectivity index (χ4v) is 3.22. The fraction of sp³-hybridized carbons (Fsp3) is 0.412. The number of hydrogen-bond acceptors (Lipinski definition) is 7. The third-order valence-corrected chi connectivity index (χ3v) is 4.53. The number of carbonyl (C=O) groups is 1. The van der Waals surface area contributed by atoms with Crippen molar-refractivity contribution in [3.63, 3.8) is 0 Å². The van der Waals surface area contributed by atoms with E-state index in [1.807, 2.05) is 0 Å². The van der Waals surface area contributed by atoms with Gasteiger partial charge in [-0.15, -0.1) is 0 Å². The number of nitro groups is 1. The van der Waals surface area contributed by atoms with Crippen molar-refractivity contribution < 1.29 is 23.9 Å². The van der Waals surface area contributed by atoms with E-state index in [2.05, 4.69) is 21.0 Å². The Morgan fingerprint density at radius 3 is 2.74 bits per heavy atom. The van der Waals surface area contributed by atoms with E-state index in [9.17, 15) is 14.9 Å². The van der Waals surface area contributed by atoms with E-state index in [1.54, 1.807) is 23.7 Å². The van der Waals surface area contributed by atoms with E-state index < -0.39 is 10.9 Å². The topological polar surface area (TPSA) is 106 Å². The number of carbonyl (C=O) groups excluding carboxylic acids is 1. The molecule has 1 aromatic carbocycles. The molecule has 1 aromatic heterocycles. The highest BCUT2D eigenvalue weighted by atomic mass is 79.9. The van der Waals surface area contributed by atoms with Crippen LogP contribution in [0.1, 0.15) is 23.3 Å². The molecule has 1 fully saturated rings. The molecular weight excluding hydrogens is 422 g/mol. The van der Waals surface area contributed by atoms with Crippen molar-refractivity contribution in [1.29, 1.82) is 0 Å². The third-order valence-electron chi connectivity index (χ3n) is 4.04. The second-order valence-corrected chi connectivity index (χ2v) is 6.71. The predicted molar refractivity (Wildman–Crippen MR) is 98.6 cm³/mol. The average molecular weight is 440 g/mol. The number of nitrogens with zero attached hydrogens (tertiary/aromatic N) is 3. The molecule has 10 heteroatoms. The molecule has 1 aliphatic rings. The molecule has 9 nitrogen and oxygen atoms in total. The van der Waals surface area contributed by atoms with Crippen LogP contribution in [-0.4, -0.2) is 53.7 Å². The molecule has 0 unspecified atom stereocenters. The van der Waals surface area contributed by atoms with Gasteiger partial charge in [-0.2, -0.15) is 5.10 Å². The lowest BCUT2D eigenvalue weighted by Gasteiger charge is -2.18. The van der Waals surface area contributed by atoms with Crippen LogP contribution in [0, 0.1) is 10.1 Å². The summed E-state index contributed by atoms with van der Waals surface area (Å²) in [5.41, 5.74) is 0.596. The first kappa shape index (κ1) is 19.5. The minimum absolute atomic E-state index is 0.146. The zero-order valence-corrected chi connectivity index (χ0v) is 16.2. The van der Waals surface area contributed by atoms with Gasteiger partial charge in [-0.3, -0.25) is 14.8 Å². The fourth-order valence-electron chi connectivity index (χ4n) is 2.87. The van der Waals surface area contributed by atoms with Crippen LogP contribution in [-0.2, 0) is 14.2 Å². The Balaban J connectivity index is 2.18. The largest absolute Gasteiger partial charge is 0.462 e. The van der Waals surface area contributed by atoms with Crippen LogP contribution < -0.4 is 0 Å². The maximum Gasteiger partial charge on any atom is 0.341 e. The Labute approximate surface area is 163 Å². The number of halogens is 1. The van der Waals surface area contributed by atoms with Crippen LogP contribution >= 0.6 is 15.9 Å². The first-order valence-electron chi connectivity index (χ1n) is 8.37. The number of ether oxygens (including phenoxy) is 3. The Kier molecular flexibility index (Phi) is 6.19. The van der Waals surface area contributed by atoms with Crippen LogP contribution in [0.15, 0.2) is 28.9 Å². The second kappa shape index (κ2) is 8.59. The average Bonchev–Trinajstić information content (AvgIpc) is 2.89. The minimum Gasteiger partial charge on any atom is -0.462 e. The number of nitro benzene ring substituents is 1. The summed E-state index contributed by atoms with van der Waals surface area (Å²) in [6.45, 7) is 3.42. The molecule has 2 heterocycles. The first-order chi connectivity index (χ1) is 13.0. The summed E-state index contributed by atoms with van der Waals surface area (Å²) in [6, 6.07) is 4.32. The van der Waals surface area contributed by atoms with Gasteiger partial charge in [0.1, 0.15) is 5.56 Å². The van der Waals surface area contributed by atoms with Crippen molar-refractivity contribution in [3.05, 3.63) is 44.5 Å². The van der Waals surface area contributed by atoms with E-state index >= 15 is 0 Å². The van der Waals surface area contributed by atoms with Gasteiger partial charge in [0.15, 0.2) is 0 Å². The van der Waals surface area contributed by atoms with E-state index in [0.29, 0.717) is 36.6 Å². The molecule has 0 spiro atoms. The molecule has 0 bridgehead atoms.